The van der Waals surface area contributed by atoms with E-state index in [9.17, 15) is 14.3 Å². The normalized spacial score (nSPS) is 15.7. The molecule has 1 saturated heterocycles. The zero-order valence-electron chi connectivity index (χ0n) is 13.8. The van der Waals surface area contributed by atoms with Gasteiger partial charge in [-0.2, -0.15) is 0 Å². The second kappa shape index (κ2) is 8.09. The molecule has 1 atom stereocenters. The fraction of sp³-hybridized carbons (Fsp3) is 0.316. The molecule has 2 aromatic carbocycles. The molecule has 0 radical (unpaired) electrons. The number of amides is 1. The van der Waals surface area contributed by atoms with Gasteiger partial charge in [0.25, 0.3) is 5.91 Å². The molecule has 0 spiro atoms. The lowest BCUT2D eigenvalue weighted by Gasteiger charge is -2.29. The molecule has 0 aliphatic carbocycles. The van der Waals surface area contributed by atoms with Gasteiger partial charge in [-0.15, -0.1) is 0 Å². The van der Waals surface area contributed by atoms with Crippen LogP contribution in [0.25, 0.3) is 0 Å². The first-order chi connectivity index (χ1) is 12.1. The lowest BCUT2D eigenvalue weighted by Crippen LogP contribution is -2.36. The van der Waals surface area contributed by atoms with E-state index in [2.05, 4.69) is 10.2 Å². The Morgan fingerprint density at radius 2 is 1.84 bits per heavy atom. The van der Waals surface area contributed by atoms with Gasteiger partial charge in [-0.05, 0) is 29.8 Å². The molecule has 0 bridgehead atoms. The van der Waals surface area contributed by atoms with Crippen LogP contribution in [0.2, 0.25) is 0 Å². The van der Waals surface area contributed by atoms with Crippen LogP contribution in [0.4, 0.5) is 10.1 Å². The molecule has 1 fully saturated rings. The fourth-order valence-corrected chi connectivity index (χ4v) is 2.78. The molecule has 25 heavy (non-hydrogen) atoms. The molecule has 2 aromatic rings. The molecule has 1 aliphatic rings. The van der Waals surface area contributed by atoms with Crippen molar-refractivity contribution >= 4 is 11.6 Å². The van der Waals surface area contributed by atoms with E-state index in [0.717, 1.165) is 18.8 Å². The van der Waals surface area contributed by atoms with Crippen LogP contribution in [0.3, 0.4) is 0 Å². The van der Waals surface area contributed by atoms with E-state index < -0.39 is 17.8 Å². The van der Waals surface area contributed by atoms with E-state index in [1.165, 1.54) is 18.2 Å². The SMILES string of the molecule is O=C(NCC(O)c1ccc(N2CCOCC2)cc1)c1ccccc1F. The third kappa shape index (κ3) is 4.35. The Morgan fingerprint density at radius 1 is 1.16 bits per heavy atom. The molecule has 5 nitrogen and oxygen atoms in total. The van der Waals surface area contributed by atoms with Crippen LogP contribution in [0.15, 0.2) is 48.5 Å². The smallest absolute Gasteiger partial charge is 0.254 e. The summed E-state index contributed by atoms with van der Waals surface area (Å²) in [4.78, 5) is 14.2. The summed E-state index contributed by atoms with van der Waals surface area (Å²) in [5.41, 5.74) is 1.75. The summed E-state index contributed by atoms with van der Waals surface area (Å²) in [5.74, 6) is -1.12. The third-order valence-electron chi connectivity index (χ3n) is 4.23. The van der Waals surface area contributed by atoms with Crippen molar-refractivity contribution in [1.29, 1.82) is 0 Å². The van der Waals surface area contributed by atoms with Crippen LogP contribution < -0.4 is 10.2 Å². The van der Waals surface area contributed by atoms with Crippen LogP contribution >= 0.6 is 0 Å². The molecule has 3 rings (SSSR count). The summed E-state index contributed by atoms with van der Waals surface area (Å²) in [7, 11) is 0. The van der Waals surface area contributed by atoms with E-state index >= 15 is 0 Å². The minimum Gasteiger partial charge on any atom is -0.387 e. The van der Waals surface area contributed by atoms with Crippen molar-refractivity contribution in [3.05, 3.63) is 65.5 Å². The van der Waals surface area contributed by atoms with E-state index in [1.807, 2.05) is 24.3 Å². The van der Waals surface area contributed by atoms with Crippen LogP contribution in [-0.2, 0) is 4.74 Å². The number of benzene rings is 2. The summed E-state index contributed by atoms with van der Waals surface area (Å²) in [6.45, 7) is 3.14. The van der Waals surface area contributed by atoms with Gasteiger partial charge >= 0.3 is 0 Å². The van der Waals surface area contributed by atoms with E-state index in [1.54, 1.807) is 6.07 Å². The van der Waals surface area contributed by atoms with Crippen LogP contribution in [0.1, 0.15) is 22.0 Å². The average molecular weight is 344 g/mol. The molecular weight excluding hydrogens is 323 g/mol. The number of aliphatic hydroxyl groups excluding tert-OH is 1. The Labute approximate surface area is 146 Å². The molecule has 1 unspecified atom stereocenters. The number of carbonyl (C=O) groups excluding carboxylic acids is 1. The summed E-state index contributed by atoms with van der Waals surface area (Å²) < 4.78 is 18.9. The number of carbonyl (C=O) groups is 1. The number of ether oxygens (including phenoxy) is 1. The van der Waals surface area contributed by atoms with E-state index in [-0.39, 0.29) is 12.1 Å². The van der Waals surface area contributed by atoms with Crippen LogP contribution in [-0.4, -0.2) is 43.9 Å². The zero-order chi connectivity index (χ0) is 17.6. The molecule has 1 aliphatic heterocycles. The quantitative estimate of drug-likeness (QED) is 0.872. The van der Waals surface area contributed by atoms with Gasteiger partial charge in [0.05, 0.1) is 24.9 Å². The maximum atomic E-state index is 13.6. The highest BCUT2D eigenvalue weighted by molar-refractivity contribution is 5.94. The van der Waals surface area contributed by atoms with Crippen molar-refractivity contribution in [2.24, 2.45) is 0 Å². The Bertz CT molecular complexity index is 715. The number of rotatable bonds is 5. The highest BCUT2D eigenvalue weighted by Crippen LogP contribution is 2.20. The second-order valence-electron chi connectivity index (χ2n) is 5.90. The van der Waals surface area contributed by atoms with Gasteiger partial charge in [0.15, 0.2) is 0 Å². The Kier molecular flexibility index (Phi) is 5.63. The summed E-state index contributed by atoms with van der Waals surface area (Å²) >= 11 is 0. The highest BCUT2D eigenvalue weighted by Gasteiger charge is 2.15. The van der Waals surface area contributed by atoms with Gasteiger partial charge in [0.2, 0.25) is 0 Å². The Morgan fingerprint density at radius 3 is 2.52 bits per heavy atom. The van der Waals surface area contributed by atoms with Crippen molar-refractivity contribution in [1.82, 2.24) is 5.32 Å². The lowest BCUT2D eigenvalue weighted by molar-refractivity contribution is 0.0912. The Balaban J connectivity index is 1.57. The molecule has 1 heterocycles. The van der Waals surface area contributed by atoms with Crippen molar-refractivity contribution in [3.8, 4) is 0 Å². The largest absolute Gasteiger partial charge is 0.387 e. The maximum Gasteiger partial charge on any atom is 0.254 e. The summed E-state index contributed by atoms with van der Waals surface area (Å²) in [6.07, 6.45) is -0.852. The lowest BCUT2D eigenvalue weighted by atomic mass is 10.1. The predicted octanol–water partition coefficient (Wildman–Crippen LogP) is 2.13. The van der Waals surface area contributed by atoms with Crippen molar-refractivity contribution in [2.75, 3.05) is 37.7 Å². The highest BCUT2D eigenvalue weighted by atomic mass is 19.1. The first-order valence-corrected chi connectivity index (χ1v) is 8.28. The number of anilines is 1. The number of nitrogens with zero attached hydrogens (tertiary/aromatic N) is 1. The molecule has 0 saturated carbocycles. The fourth-order valence-electron chi connectivity index (χ4n) is 2.78. The number of hydrogen-bond acceptors (Lipinski definition) is 4. The predicted molar refractivity (Wildman–Crippen MR) is 93.2 cm³/mol. The van der Waals surface area contributed by atoms with E-state index in [4.69, 9.17) is 4.74 Å². The minimum atomic E-state index is -0.852. The first kappa shape index (κ1) is 17.4. The molecular formula is C19H21FN2O3. The molecule has 0 aromatic heterocycles. The van der Waals surface area contributed by atoms with Gasteiger partial charge < -0.3 is 20.1 Å². The molecule has 2 N–H and O–H groups in total. The van der Waals surface area contributed by atoms with E-state index in [0.29, 0.717) is 18.8 Å². The van der Waals surface area contributed by atoms with Crippen LogP contribution in [0.5, 0.6) is 0 Å². The third-order valence-corrected chi connectivity index (χ3v) is 4.23. The monoisotopic (exact) mass is 344 g/mol. The number of halogens is 1. The summed E-state index contributed by atoms with van der Waals surface area (Å²) in [6, 6.07) is 13.3. The zero-order valence-corrected chi connectivity index (χ0v) is 13.8. The van der Waals surface area contributed by atoms with Gasteiger partial charge in [0.1, 0.15) is 5.82 Å². The summed E-state index contributed by atoms with van der Waals surface area (Å²) in [5, 5.41) is 12.8. The van der Waals surface area contributed by atoms with Gasteiger partial charge in [0, 0.05) is 25.3 Å². The van der Waals surface area contributed by atoms with Gasteiger partial charge in [-0.1, -0.05) is 24.3 Å². The van der Waals surface area contributed by atoms with Crippen molar-refractivity contribution in [3.63, 3.8) is 0 Å². The van der Waals surface area contributed by atoms with Crippen molar-refractivity contribution in [2.45, 2.75) is 6.10 Å². The average Bonchev–Trinajstić information content (AvgIpc) is 2.67. The molecule has 132 valence electrons. The molecule has 1 amide bonds. The maximum absolute atomic E-state index is 13.6. The van der Waals surface area contributed by atoms with Crippen LogP contribution in [0, 0.1) is 5.82 Å². The Hall–Kier alpha value is -2.44. The first-order valence-electron chi connectivity index (χ1n) is 8.28. The number of hydrogen-bond donors (Lipinski definition) is 2. The minimum absolute atomic E-state index is 0.0179. The number of morpholine rings is 1. The number of aliphatic hydroxyl groups is 1. The number of nitrogens with one attached hydrogen (secondary N) is 1. The topological polar surface area (TPSA) is 61.8 Å². The molecule has 6 heteroatoms. The van der Waals surface area contributed by atoms with Gasteiger partial charge in [-0.25, -0.2) is 4.39 Å². The standard InChI is InChI=1S/C19H21FN2O3/c20-17-4-2-1-3-16(17)19(24)21-13-18(23)14-5-7-15(8-6-14)22-9-11-25-12-10-22/h1-8,18,23H,9-13H2,(H,21,24). The van der Waals surface area contributed by atoms with Crippen molar-refractivity contribution < 1.29 is 19.0 Å². The van der Waals surface area contributed by atoms with Gasteiger partial charge in [-0.3, -0.25) is 4.79 Å². The second-order valence-corrected chi connectivity index (χ2v) is 5.90.